The van der Waals surface area contributed by atoms with Crippen molar-refractivity contribution in [3.63, 3.8) is 0 Å². The maximum Gasteiger partial charge on any atom is 0.230 e. The van der Waals surface area contributed by atoms with E-state index in [0.717, 1.165) is 35.4 Å². The van der Waals surface area contributed by atoms with E-state index >= 15 is 0 Å². The van der Waals surface area contributed by atoms with Crippen LogP contribution in [0.5, 0.6) is 0 Å². The summed E-state index contributed by atoms with van der Waals surface area (Å²) in [7, 11) is 2.03. The smallest absolute Gasteiger partial charge is 0.230 e. The number of nitrogens with zero attached hydrogens (tertiary/aromatic N) is 4. The Bertz CT molecular complexity index is 958. The molecule has 0 spiro atoms. The van der Waals surface area contributed by atoms with Gasteiger partial charge in [-0.25, -0.2) is 4.98 Å². The number of fused-ring (bicyclic) bond motifs is 1. The molecule has 1 aliphatic heterocycles. The van der Waals surface area contributed by atoms with Crippen molar-refractivity contribution in [3.05, 3.63) is 59.4 Å². The fourth-order valence-corrected chi connectivity index (χ4v) is 3.95. The monoisotopic (exact) mass is 382 g/mol. The highest BCUT2D eigenvalue weighted by Gasteiger charge is 2.27. The summed E-state index contributed by atoms with van der Waals surface area (Å²) in [5, 5.41) is 1.79. The SMILES string of the molecule is CC(C(=O)N1CCN(c2ccc(Cl)cn2)CC1)c1cn(C)c2ccccc12. The molecule has 1 aliphatic rings. The number of piperazine rings is 1. The number of carbonyl (C=O) groups is 1. The van der Waals surface area contributed by atoms with Crippen LogP contribution in [0, 0.1) is 0 Å². The van der Waals surface area contributed by atoms with E-state index in [2.05, 4.69) is 32.8 Å². The van der Waals surface area contributed by atoms with Gasteiger partial charge in [-0.2, -0.15) is 0 Å². The second-order valence-electron chi connectivity index (χ2n) is 7.08. The lowest BCUT2D eigenvalue weighted by atomic mass is 9.98. The summed E-state index contributed by atoms with van der Waals surface area (Å²) in [6.07, 6.45) is 3.75. The second-order valence-corrected chi connectivity index (χ2v) is 7.52. The molecule has 1 amide bonds. The number of hydrogen-bond donors (Lipinski definition) is 0. The third kappa shape index (κ3) is 3.39. The first kappa shape index (κ1) is 17.9. The van der Waals surface area contributed by atoms with Gasteiger partial charge in [0, 0.05) is 56.5 Å². The molecule has 1 saturated heterocycles. The van der Waals surface area contributed by atoms with E-state index in [0.29, 0.717) is 18.1 Å². The number of pyridine rings is 1. The Kier molecular flexibility index (Phi) is 4.79. The van der Waals surface area contributed by atoms with E-state index in [9.17, 15) is 4.79 Å². The van der Waals surface area contributed by atoms with Gasteiger partial charge < -0.3 is 14.4 Å². The first-order valence-corrected chi connectivity index (χ1v) is 9.61. The Balaban J connectivity index is 1.46. The molecule has 1 unspecified atom stereocenters. The highest BCUT2D eigenvalue weighted by atomic mass is 35.5. The van der Waals surface area contributed by atoms with Crippen LogP contribution in [0.15, 0.2) is 48.8 Å². The highest BCUT2D eigenvalue weighted by Crippen LogP contribution is 2.29. The Hall–Kier alpha value is -2.53. The maximum absolute atomic E-state index is 13.1. The van der Waals surface area contributed by atoms with Gasteiger partial charge in [-0.15, -0.1) is 0 Å². The molecule has 6 heteroatoms. The molecule has 27 heavy (non-hydrogen) atoms. The zero-order valence-electron chi connectivity index (χ0n) is 15.6. The van der Waals surface area contributed by atoms with Gasteiger partial charge in [-0.1, -0.05) is 29.8 Å². The van der Waals surface area contributed by atoms with Gasteiger partial charge in [-0.05, 0) is 30.7 Å². The van der Waals surface area contributed by atoms with Crippen LogP contribution in [0.25, 0.3) is 10.9 Å². The van der Waals surface area contributed by atoms with Crippen LogP contribution in [0.3, 0.4) is 0 Å². The summed E-state index contributed by atoms with van der Waals surface area (Å²) in [6, 6.07) is 12.0. The van der Waals surface area contributed by atoms with Crippen molar-refractivity contribution in [2.45, 2.75) is 12.8 Å². The largest absolute Gasteiger partial charge is 0.353 e. The number of carbonyl (C=O) groups excluding carboxylic acids is 1. The summed E-state index contributed by atoms with van der Waals surface area (Å²) in [6.45, 7) is 4.99. The zero-order chi connectivity index (χ0) is 19.0. The third-order valence-electron chi connectivity index (χ3n) is 5.39. The van der Waals surface area contributed by atoms with Crippen LogP contribution in [0.2, 0.25) is 5.02 Å². The second kappa shape index (κ2) is 7.24. The molecule has 3 aromatic rings. The molecule has 1 aromatic carbocycles. The molecular weight excluding hydrogens is 360 g/mol. The van der Waals surface area contributed by atoms with Crippen molar-refractivity contribution in [3.8, 4) is 0 Å². The van der Waals surface area contributed by atoms with Crippen LogP contribution in [-0.4, -0.2) is 46.5 Å². The fourth-order valence-electron chi connectivity index (χ4n) is 3.84. The third-order valence-corrected chi connectivity index (χ3v) is 5.62. The van der Waals surface area contributed by atoms with Gasteiger partial charge in [0.25, 0.3) is 0 Å². The Labute approximate surface area is 164 Å². The Morgan fingerprint density at radius 3 is 2.56 bits per heavy atom. The molecule has 0 saturated carbocycles. The number of aromatic nitrogens is 2. The number of para-hydroxylation sites is 1. The average molecular weight is 383 g/mol. The molecule has 0 N–H and O–H groups in total. The summed E-state index contributed by atoms with van der Waals surface area (Å²) in [5.41, 5.74) is 2.26. The Morgan fingerprint density at radius 1 is 1.11 bits per heavy atom. The first-order chi connectivity index (χ1) is 13.0. The molecule has 0 aliphatic carbocycles. The number of amides is 1. The minimum Gasteiger partial charge on any atom is -0.353 e. The molecule has 4 rings (SSSR count). The average Bonchev–Trinajstić information content (AvgIpc) is 3.05. The van der Waals surface area contributed by atoms with Crippen molar-refractivity contribution >= 4 is 34.2 Å². The van der Waals surface area contributed by atoms with Crippen molar-refractivity contribution in [1.29, 1.82) is 0 Å². The van der Waals surface area contributed by atoms with Crippen LogP contribution < -0.4 is 4.90 Å². The summed E-state index contributed by atoms with van der Waals surface area (Å²) in [5.74, 6) is 0.944. The lowest BCUT2D eigenvalue weighted by Crippen LogP contribution is -2.50. The predicted molar refractivity (Wildman–Crippen MR) is 109 cm³/mol. The van der Waals surface area contributed by atoms with Crippen molar-refractivity contribution < 1.29 is 4.79 Å². The lowest BCUT2D eigenvalue weighted by Gasteiger charge is -2.36. The van der Waals surface area contributed by atoms with E-state index < -0.39 is 0 Å². The molecular formula is C21H23ClN4O. The zero-order valence-corrected chi connectivity index (χ0v) is 16.4. The topological polar surface area (TPSA) is 41.4 Å². The molecule has 140 valence electrons. The van der Waals surface area contributed by atoms with E-state index in [-0.39, 0.29) is 11.8 Å². The van der Waals surface area contributed by atoms with Gasteiger partial charge in [-0.3, -0.25) is 4.79 Å². The molecule has 1 atom stereocenters. The molecule has 0 bridgehead atoms. The van der Waals surface area contributed by atoms with E-state index in [1.165, 1.54) is 0 Å². The van der Waals surface area contributed by atoms with Crippen molar-refractivity contribution in [1.82, 2.24) is 14.5 Å². The van der Waals surface area contributed by atoms with E-state index in [1.54, 1.807) is 6.20 Å². The van der Waals surface area contributed by atoms with Gasteiger partial charge in [0.1, 0.15) is 5.82 Å². The first-order valence-electron chi connectivity index (χ1n) is 9.24. The van der Waals surface area contributed by atoms with Gasteiger partial charge in [0.05, 0.1) is 10.9 Å². The summed E-state index contributed by atoms with van der Waals surface area (Å²) < 4.78 is 2.10. The minimum atomic E-state index is -0.156. The van der Waals surface area contributed by atoms with Crippen molar-refractivity contribution in [2.75, 3.05) is 31.1 Å². The van der Waals surface area contributed by atoms with Gasteiger partial charge in [0.2, 0.25) is 5.91 Å². The van der Waals surface area contributed by atoms with Crippen LogP contribution >= 0.6 is 11.6 Å². The van der Waals surface area contributed by atoms with E-state index in [4.69, 9.17) is 11.6 Å². The van der Waals surface area contributed by atoms with Crippen LogP contribution in [-0.2, 0) is 11.8 Å². The maximum atomic E-state index is 13.1. The molecule has 5 nitrogen and oxygen atoms in total. The minimum absolute atomic E-state index is 0.156. The Morgan fingerprint density at radius 2 is 1.85 bits per heavy atom. The number of aryl methyl sites for hydroxylation is 1. The summed E-state index contributed by atoms with van der Waals surface area (Å²) >= 11 is 5.92. The molecule has 3 heterocycles. The van der Waals surface area contributed by atoms with Crippen molar-refractivity contribution in [2.24, 2.45) is 7.05 Å². The van der Waals surface area contributed by atoms with Gasteiger partial charge in [0.15, 0.2) is 0 Å². The standard InChI is InChI=1S/C21H23ClN4O/c1-15(18-14-24(2)19-6-4-3-5-17(18)19)21(27)26-11-9-25(10-12-26)20-8-7-16(22)13-23-20/h3-8,13-15H,9-12H2,1-2H3. The number of rotatable bonds is 3. The number of benzene rings is 1. The number of halogens is 1. The highest BCUT2D eigenvalue weighted by molar-refractivity contribution is 6.30. The molecule has 0 radical (unpaired) electrons. The molecule has 2 aromatic heterocycles. The van der Waals surface area contributed by atoms with Gasteiger partial charge >= 0.3 is 0 Å². The quantitative estimate of drug-likeness (QED) is 0.693. The predicted octanol–water partition coefficient (Wildman–Crippen LogP) is 3.68. The normalized spacial score (nSPS) is 16.0. The number of hydrogen-bond acceptors (Lipinski definition) is 3. The van der Waals surface area contributed by atoms with E-state index in [1.807, 2.05) is 43.1 Å². The molecule has 1 fully saturated rings. The number of anilines is 1. The lowest BCUT2D eigenvalue weighted by molar-refractivity contribution is -0.132. The fraction of sp³-hybridized carbons (Fsp3) is 0.333. The van der Waals surface area contributed by atoms with Crippen LogP contribution in [0.4, 0.5) is 5.82 Å². The summed E-state index contributed by atoms with van der Waals surface area (Å²) in [4.78, 5) is 21.7. The van der Waals surface area contributed by atoms with Crippen LogP contribution in [0.1, 0.15) is 18.4 Å².